The van der Waals surface area contributed by atoms with Crippen LogP contribution in [0, 0.1) is 0 Å². The minimum absolute atomic E-state index is 0.836. The maximum Gasteiger partial charge on any atom is 0.522 e. The van der Waals surface area contributed by atoms with Crippen molar-refractivity contribution in [1.29, 1.82) is 0 Å². The molecule has 0 radical (unpaired) electrons. The summed E-state index contributed by atoms with van der Waals surface area (Å²) in [6.45, 7) is 25.1. The van der Waals surface area contributed by atoms with Crippen LogP contribution in [0.15, 0.2) is 115 Å². The Morgan fingerprint density at radius 2 is 0.759 bits per heavy atom. The minimum atomic E-state index is -5.84. The van der Waals surface area contributed by atoms with Crippen molar-refractivity contribution < 1.29 is 31.2 Å². The molecule has 0 fully saturated rings. The molecular formula is C46H61F3N4O4S. The maximum atomic E-state index is 12.6. The fourth-order valence-corrected chi connectivity index (χ4v) is 6.91. The molecule has 316 valence electrons. The average molecular weight is 823 g/mol. The highest BCUT2D eigenvalue weighted by atomic mass is 32.2. The summed E-state index contributed by atoms with van der Waals surface area (Å²) in [6.07, 6.45) is 6.13. The van der Waals surface area contributed by atoms with Crippen LogP contribution < -0.4 is 19.6 Å². The van der Waals surface area contributed by atoms with Crippen molar-refractivity contribution in [2.24, 2.45) is 0 Å². The fraction of sp³-hybridized carbons (Fsp3) is 0.391. The first-order valence-corrected chi connectivity index (χ1v) is 21.6. The first-order chi connectivity index (χ1) is 27.5. The third-order valence-electron chi connectivity index (χ3n) is 10.4. The number of alkyl halides is 3. The molecule has 4 aromatic carbocycles. The predicted molar refractivity (Wildman–Crippen MR) is 237 cm³/mol. The highest BCUT2D eigenvalue weighted by Gasteiger charge is 2.44. The van der Waals surface area contributed by atoms with Gasteiger partial charge in [-0.3, -0.25) is 4.55 Å². The van der Waals surface area contributed by atoms with E-state index in [2.05, 4.69) is 178 Å². The van der Waals surface area contributed by atoms with E-state index in [1.807, 2.05) is 12.2 Å². The number of nitrogens with zero attached hydrogens (tertiary/aromatic N) is 4. The highest BCUT2D eigenvalue weighted by molar-refractivity contribution is 7.86. The smallest absolute Gasteiger partial charge is 0.377 e. The van der Waals surface area contributed by atoms with Gasteiger partial charge in [0.1, 0.15) is 5.60 Å². The van der Waals surface area contributed by atoms with E-state index in [0.29, 0.717) is 0 Å². The first kappa shape index (κ1) is 47.6. The molecule has 4 aromatic rings. The monoisotopic (exact) mass is 822 g/mol. The zero-order valence-electron chi connectivity index (χ0n) is 35.2. The Morgan fingerprint density at radius 1 is 0.517 bits per heavy atom. The molecule has 0 atom stereocenters. The fourth-order valence-electron chi connectivity index (χ4n) is 6.91. The third-order valence-corrected chi connectivity index (χ3v) is 11.0. The van der Waals surface area contributed by atoms with E-state index >= 15 is 0 Å². The van der Waals surface area contributed by atoms with Crippen molar-refractivity contribution in [2.45, 2.75) is 66.5 Å². The van der Waals surface area contributed by atoms with Crippen LogP contribution in [0.25, 0.3) is 5.57 Å². The summed E-state index contributed by atoms with van der Waals surface area (Å²) in [5.41, 5.74) is 2.95. The van der Waals surface area contributed by atoms with Gasteiger partial charge in [-0.15, -0.1) is 0 Å². The van der Waals surface area contributed by atoms with Crippen LogP contribution in [0.4, 0.5) is 35.9 Å². The Morgan fingerprint density at radius 3 is 0.983 bits per heavy atom. The molecule has 0 spiro atoms. The van der Waals surface area contributed by atoms with Gasteiger partial charge in [0.05, 0.1) is 0 Å². The normalized spacial score (nSPS) is 11.8. The number of allylic oxidation sites excluding steroid dienone is 2. The highest BCUT2D eigenvalue weighted by Crippen LogP contribution is 2.35. The van der Waals surface area contributed by atoms with E-state index in [-0.39, 0.29) is 0 Å². The Labute approximate surface area is 344 Å². The van der Waals surface area contributed by atoms with E-state index in [1.165, 1.54) is 11.4 Å². The molecule has 8 nitrogen and oxygen atoms in total. The van der Waals surface area contributed by atoms with Gasteiger partial charge in [-0.2, -0.15) is 21.6 Å². The Balaban J connectivity index is 0.00000101. The molecule has 2 N–H and O–H groups in total. The van der Waals surface area contributed by atoms with E-state index < -0.39 is 21.2 Å². The largest absolute Gasteiger partial charge is 0.522 e. The van der Waals surface area contributed by atoms with E-state index in [0.717, 1.165) is 91.6 Å². The number of anilines is 4. The lowest BCUT2D eigenvalue weighted by molar-refractivity contribution is -0.0510. The zero-order valence-corrected chi connectivity index (χ0v) is 36.0. The molecule has 0 amide bonds. The lowest BCUT2D eigenvalue weighted by atomic mass is 9.85. The van der Waals surface area contributed by atoms with Crippen molar-refractivity contribution in [3.05, 3.63) is 138 Å². The number of hydrogen-bond acceptors (Lipinski definition) is 7. The molecule has 0 aromatic heterocycles. The van der Waals surface area contributed by atoms with Gasteiger partial charge in [0.15, 0.2) is 0 Å². The standard InChI is InChI=1S/C45H60N4O.CHF3O3S/c1-9-46(10-2)40-27-19-36(20-28-40)44(37-21-29-41(30-22-37)47(11-3)12-4)18-17-35-45(50,38-23-31-42(32-24-38)48(13-5)14-6)39-25-33-43(34-26-39)49(15-7)16-8;2-1(3,4)8(5,6)7/h17-35,50H,9-16H2,1-8H3;(H,5,6,7). The number of rotatable bonds is 18. The number of halogens is 3. The lowest BCUT2D eigenvalue weighted by Crippen LogP contribution is -2.26. The van der Waals surface area contributed by atoms with Gasteiger partial charge >= 0.3 is 15.6 Å². The summed E-state index contributed by atoms with van der Waals surface area (Å²) < 4.78 is 57.5. The molecule has 0 aliphatic heterocycles. The topological polar surface area (TPSA) is 87.6 Å². The third kappa shape index (κ3) is 12.1. The number of aliphatic hydroxyl groups is 1. The summed E-state index contributed by atoms with van der Waals surface area (Å²) in [4.78, 5) is 9.37. The van der Waals surface area contributed by atoms with Crippen molar-refractivity contribution in [3.63, 3.8) is 0 Å². The van der Waals surface area contributed by atoms with Crippen LogP contribution in [0.2, 0.25) is 0 Å². The summed E-state index contributed by atoms with van der Waals surface area (Å²) >= 11 is 0. The second-order valence-corrected chi connectivity index (χ2v) is 14.9. The Bertz CT molecular complexity index is 1870. The Hall–Kier alpha value is -4.78. The molecule has 0 saturated carbocycles. The van der Waals surface area contributed by atoms with Gasteiger partial charge in [-0.05, 0) is 138 Å². The molecule has 4 rings (SSSR count). The molecular weight excluding hydrogens is 762 g/mol. The van der Waals surface area contributed by atoms with Gasteiger partial charge in [0, 0.05) is 75.1 Å². The molecule has 0 unspecified atom stereocenters. The van der Waals surface area contributed by atoms with Gasteiger partial charge in [-0.1, -0.05) is 60.7 Å². The van der Waals surface area contributed by atoms with E-state index in [9.17, 15) is 18.3 Å². The first-order valence-electron chi connectivity index (χ1n) is 20.1. The van der Waals surface area contributed by atoms with Crippen LogP contribution in [0.1, 0.15) is 77.6 Å². The molecule has 12 heteroatoms. The zero-order chi connectivity index (χ0) is 43.1. The molecule has 0 heterocycles. The molecule has 0 saturated heterocycles. The molecule has 0 aliphatic rings. The van der Waals surface area contributed by atoms with Crippen LogP contribution in [0.5, 0.6) is 0 Å². The maximum absolute atomic E-state index is 12.6. The van der Waals surface area contributed by atoms with Crippen molar-refractivity contribution >= 4 is 38.4 Å². The average Bonchev–Trinajstić information content (AvgIpc) is 3.22. The molecule has 0 bridgehead atoms. The van der Waals surface area contributed by atoms with E-state index in [1.54, 1.807) is 0 Å². The van der Waals surface area contributed by atoms with E-state index in [4.69, 9.17) is 13.0 Å². The lowest BCUT2D eigenvalue weighted by Gasteiger charge is -2.29. The summed E-state index contributed by atoms with van der Waals surface area (Å²) in [5.74, 6) is 0. The van der Waals surface area contributed by atoms with Gasteiger partial charge in [0.25, 0.3) is 0 Å². The Kier molecular flexibility index (Phi) is 17.9. The van der Waals surface area contributed by atoms with Gasteiger partial charge in [-0.25, -0.2) is 0 Å². The van der Waals surface area contributed by atoms with Gasteiger partial charge < -0.3 is 24.7 Å². The number of hydrogen-bond donors (Lipinski definition) is 2. The van der Waals surface area contributed by atoms with Crippen molar-refractivity contribution in [1.82, 2.24) is 0 Å². The van der Waals surface area contributed by atoms with Crippen LogP contribution in [0.3, 0.4) is 0 Å². The second-order valence-electron chi connectivity index (χ2n) is 13.5. The van der Waals surface area contributed by atoms with Crippen LogP contribution >= 0.6 is 0 Å². The van der Waals surface area contributed by atoms with Crippen molar-refractivity contribution in [3.8, 4) is 0 Å². The molecule has 58 heavy (non-hydrogen) atoms. The predicted octanol–water partition coefficient (Wildman–Crippen LogP) is 10.4. The quantitative estimate of drug-likeness (QED) is 0.0583. The van der Waals surface area contributed by atoms with Gasteiger partial charge in [0.2, 0.25) is 0 Å². The second kappa shape index (κ2) is 21.8. The molecule has 0 aliphatic carbocycles. The summed E-state index contributed by atoms with van der Waals surface area (Å²) in [5, 5.41) is 12.6. The SMILES string of the molecule is CCN(CC)c1ccc(C(=CC=CC(O)(c2ccc(N(CC)CC)cc2)c2ccc(N(CC)CC)cc2)c2ccc(N(CC)CC)cc2)cc1.O=S(=O)(O)C(F)(F)F. The van der Waals surface area contributed by atoms with Crippen LogP contribution in [-0.2, 0) is 15.7 Å². The summed E-state index contributed by atoms with van der Waals surface area (Å²) in [7, 11) is -5.84. The summed E-state index contributed by atoms with van der Waals surface area (Å²) in [6, 6.07) is 34.5. The van der Waals surface area contributed by atoms with Crippen LogP contribution in [-0.4, -0.2) is 75.9 Å². The minimum Gasteiger partial charge on any atom is -0.377 e. The van der Waals surface area contributed by atoms with Crippen molar-refractivity contribution in [2.75, 3.05) is 72.0 Å². The number of benzene rings is 4.